The number of aromatic amines is 1. The summed E-state index contributed by atoms with van der Waals surface area (Å²) in [5.74, 6) is 0.776. The first-order valence-electron chi connectivity index (χ1n) is 5.47. The third-order valence-corrected chi connectivity index (χ3v) is 3.30. The molecule has 5 nitrogen and oxygen atoms in total. The van der Waals surface area contributed by atoms with Crippen LogP contribution in [0.1, 0.15) is 5.69 Å². The fourth-order valence-corrected chi connectivity index (χ4v) is 2.29. The highest BCUT2D eigenvalue weighted by atomic mass is 32.1. The van der Waals surface area contributed by atoms with Gasteiger partial charge in [-0.2, -0.15) is 10.2 Å². The summed E-state index contributed by atoms with van der Waals surface area (Å²) >= 11 is 1.64. The van der Waals surface area contributed by atoms with Crippen molar-refractivity contribution in [3.8, 4) is 10.6 Å². The summed E-state index contributed by atoms with van der Waals surface area (Å²) in [6, 6.07) is 7.92. The van der Waals surface area contributed by atoms with Crippen LogP contribution in [0, 0.1) is 6.92 Å². The van der Waals surface area contributed by atoms with Gasteiger partial charge in [0.1, 0.15) is 5.69 Å². The van der Waals surface area contributed by atoms with Gasteiger partial charge in [-0.3, -0.25) is 5.10 Å². The number of nitrogens with one attached hydrogen (secondary N) is 2. The third-order valence-electron chi connectivity index (χ3n) is 2.41. The monoisotopic (exact) mass is 257 g/mol. The summed E-state index contributed by atoms with van der Waals surface area (Å²) in [4.78, 5) is 1.10. The van der Waals surface area contributed by atoms with Crippen molar-refractivity contribution in [2.24, 2.45) is 0 Å². The molecule has 0 amide bonds. The van der Waals surface area contributed by atoms with Gasteiger partial charge in [-0.25, -0.2) is 0 Å². The normalized spacial score (nSPS) is 10.5. The van der Waals surface area contributed by atoms with Gasteiger partial charge in [0.25, 0.3) is 0 Å². The predicted molar refractivity (Wildman–Crippen MR) is 72.0 cm³/mol. The minimum Gasteiger partial charge on any atom is -0.337 e. The molecule has 0 unspecified atom stereocenters. The lowest BCUT2D eigenvalue weighted by molar-refractivity contribution is 1.03. The lowest BCUT2D eigenvalue weighted by Gasteiger charge is -2.02. The summed E-state index contributed by atoms with van der Waals surface area (Å²) in [5, 5.41) is 20.3. The van der Waals surface area contributed by atoms with E-state index in [-0.39, 0.29) is 0 Å². The molecule has 0 radical (unpaired) electrons. The lowest BCUT2D eigenvalue weighted by atomic mass is 10.3. The van der Waals surface area contributed by atoms with Crippen LogP contribution in [0.3, 0.4) is 0 Å². The second-order valence-corrected chi connectivity index (χ2v) is 4.82. The minimum absolute atomic E-state index is 0.776. The van der Waals surface area contributed by atoms with Crippen molar-refractivity contribution in [3.05, 3.63) is 41.5 Å². The van der Waals surface area contributed by atoms with Crippen molar-refractivity contribution in [1.29, 1.82) is 0 Å². The maximum Gasteiger partial charge on any atom is 0.152 e. The second kappa shape index (κ2) is 4.58. The molecule has 0 atom stereocenters. The zero-order chi connectivity index (χ0) is 12.4. The minimum atomic E-state index is 0.776. The van der Waals surface area contributed by atoms with Crippen LogP contribution in [0.4, 0.5) is 11.5 Å². The average molecular weight is 257 g/mol. The van der Waals surface area contributed by atoms with Crippen LogP contribution in [0.25, 0.3) is 10.6 Å². The van der Waals surface area contributed by atoms with Gasteiger partial charge in [0, 0.05) is 11.8 Å². The summed E-state index contributed by atoms with van der Waals surface area (Å²) < 4.78 is 0. The van der Waals surface area contributed by atoms with Crippen molar-refractivity contribution in [1.82, 2.24) is 20.4 Å². The topological polar surface area (TPSA) is 66.5 Å². The number of rotatable bonds is 3. The third kappa shape index (κ3) is 2.23. The highest BCUT2D eigenvalue weighted by Gasteiger charge is 2.04. The van der Waals surface area contributed by atoms with E-state index in [1.54, 1.807) is 17.5 Å². The summed E-state index contributed by atoms with van der Waals surface area (Å²) in [6.07, 6.45) is 1.68. The number of H-pyrrole nitrogens is 1. The van der Waals surface area contributed by atoms with Crippen LogP contribution >= 0.6 is 11.3 Å². The van der Waals surface area contributed by atoms with Gasteiger partial charge in [-0.05, 0) is 24.4 Å². The van der Waals surface area contributed by atoms with E-state index in [4.69, 9.17) is 0 Å². The average Bonchev–Trinajstić information content (AvgIpc) is 3.01. The molecule has 2 N–H and O–H groups in total. The van der Waals surface area contributed by atoms with Crippen LogP contribution in [0.15, 0.2) is 35.8 Å². The fraction of sp³-hybridized carbons (Fsp3) is 0.0833. The number of aromatic nitrogens is 4. The maximum atomic E-state index is 4.12. The van der Waals surface area contributed by atoms with Gasteiger partial charge < -0.3 is 5.32 Å². The van der Waals surface area contributed by atoms with E-state index in [0.29, 0.717) is 0 Å². The van der Waals surface area contributed by atoms with E-state index in [1.165, 1.54) is 0 Å². The van der Waals surface area contributed by atoms with Crippen LogP contribution in [-0.4, -0.2) is 20.4 Å². The van der Waals surface area contributed by atoms with Gasteiger partial charge in [-0.15, -0.1) is 16.4 Å². The molecule has 0 aliphatic rings. The van der Waals surface area contributed by atoms with Crippen molar-refractivity contribution in [3.63, 3.8) is 0 Å². The molecule has 0 aliphatic carbocycles. The molecule has 0 aliphatic heterocycles. The van der Waals surface area contributed by atoms with E-state index < -0.39 is 0 Å². The van der Waals surface area contributed by atoms with Crippen molar-refractivity contribution in [2.75, 3.05) is 5.32 Å². The first-order valence-corrected chi connectivity index (χ1v) is 6.35. The Balaban J connectivity index is 1.87. The molecule has 0 aromatic carbocycles. The number of hydrogen-bond acceptors (Lipinski definition) is 5. The smallest absolute Gasteiger partial charge is 0.152 e. The summed E-state index contributed by atoms with van der Waals surface area (Å²) in [6.45, 7) is 1.96. The van der Waals surface area contributed by atoms with Crippen LogP contribution in [-0.2, 0) is 0 Å². The molecule has 3 aromatic heterocycles. The summed E-state index contributed by atoms with van der Waals surface area (Å²) in [7, 11) is 0. The number of hydrogen-bond donors (Lipinski definition) is 2. The Morgan fingerprint density at radius 3 is 3.00 bits per heavy atom. The molecule has 0 spiro atoms. The molecule has 90 valence electrons. The quantitative estimate of drug-likeness (QED) is 0.757. The molecule has 3 heterocycles. The number of aryl methyl sites for hydroxylation is 1. The number of thiophene rings is 1. The van der Waals surface area contributed by atoms with E-state index in [9.17, 15) is 0 Å². The molecule has 18 heavy (non-hydrogen) atoms. The zero-order valence-electron chi connectivity index (χ0n) is 9.71. The fourth-order valence-electron chi connectivity index (χ4n) is 1.61. The Hall–Kier alpha value is -2.21. The molecule has 0 bridgehead atoms. The van der Waals surface area contributed by atoms with Crippen molar-refractivity contribution >= 4 is 22.8 Å². The highest BCUT2D eigenvalue weighted by molar-refractivity contribution is 7.13. The molecule has 3 rings (SSSR count). The second-order valence-electron chi connectivity index (χ2n) is 3.87. The van der Waals surface area contributed by atoms with Crippen LogP contribution < -0.4 is 5.32 Å². The van der Waals surface area contributed by atoms with Crippen LogP contribution in [0.5, 0.6) is 0 Å². The Labute approximate surface area is 108 Å². The first-order chi connectivity index (χ1) is 8.81. The Bertz CT molecular complexity index is 644. The molecule has 0 saturated heterocycles. The highest BCUT2D eigenvalue weighted by Crippen LogP contribution is 2.24. The number of anilines is 2. The van der Waals surface area contributed by atoms with E-state index in [2.05, 4.69) is 25.7 Å². The molecular formula is C12H11N5S. The first kappa shape index (κ1) is 10.9. The molecule has 6 heteroatoms. The molecule has 3 aromatic rings. The molecule has 0 saturated carbocycles. The van der Waals surface area contributed by atoms with Gasteiger partial charge in [-0.1, -0.05) is 6.07 Å². The van der Waals surface area contributed by atoms with Crippen molar-refractivity contribution in [2.45, 2.75) is 6.92 Å². The van der Waals surface area contributed by atoms with E-state index in [1.807, 2.05) is 36.6 Å². The van der Waals surface area contributed by atoms with E-state index in [0.717, 1.165) is 27.8 Å². The standard InChI is InChI=1S/C12H11N5S/c1-8-5-12(17-15-8)14-9-6-10(16-13-7-9)11-3-2-4-18-11/h2-7H,1H3,(H2,14,15,16,17). The predicted octanol–water partition coefficient (Wildman–Crippen LogP) is 2.98. The Morgan fingerprint density at radius 1 is 1.33 bits per heavy atom. The lowest BCUT2D eigenvalue weighted by Crippen LogP contribution is -1.94. The van der Waals surface area contributed by atoms with Gasteiger partial charge >= 0.3 is 0 Å². The van der Waals surface area contributed by atoms with Crippen molar-refractivity contribution < 1.29 is 0 Å². The zero-order valence-corrected chi connectivity index (χ0v) is 10.5. The summed E-state index contributed by atoms with van der Waals surface area (Å²) in [5.41, 5.74) is 2.75. The Morgan fingerprint density at radius 2 is 2.28 bits per heavy atom. The largest absolute Gasteiger partial charge is 0.337 e. The molecular weight excluding hydrogens is 246 g/mol. The SMILES string of the molecule is Cc1cc(Nc2cnnc(-c3cccs3)c2)n[nH]1. The van der Waals surface area contributed by atoms with Gasteiger partial charge in [0.05, 0.1) is 16.8 Å². The number of nitrogens with zero attached hydrogens (tertiary/aromatic N) is 3. The Kier molecular flexibility index (Phi) is 2.77. The van der Waals surface area contributed by atoms with Gasteiger partial charge in [0.15, 0.2) is 5.82 Å². The van der Waals surface area contributed by atoms with E-state index >= 15 is 0 Å². The van der Waals surface area contributed by atoms with Gasteiger partial charge in [0.2, 0.25) is 0 Å². The maximum absolute atomic E-state index is 4.12. The molecule has 0 fully saturated rings. The van der Waals surface area contributed by atoms with Crippen LogP contribution in [0.2, 0.25) is 0 Å².